The number of hydrogen-bond acceptors (Lipinski definition) is 8. The SMILES string of the molecule is O=S(=O)(Nc1ncns1)c1ccc2c(c1)OCC[C@@H]2N1CC[C@@H](C(F)(F)F)C[C@H]1c1cn[nH]c1. The topological polar surface area (TPSA) is 113 Å². The van der Waals surface area contributed by atoms with Gasteiger partial charge in [-0.25, -0.2) is 13.4 Å². The average Bonchev–Trinajstić information content (AvgIpc) is 3.51. The fourth-order valence-electron chi connectivity index (χ4n) is 4.68. The van der Waals surface area contributed by atoms with E-state index in [1.165, 1.54) is 18.5 Å². The molecule has 0 bridgehead atoms. The van der Waals surface area contributed by atoms with E-state index in [4.69, 9.17) is 4.74 Å². The van der Waals surface area contributed by atoms with Gasteiger partial charge in [-0.1, -0.05) is 6.07 Å². The second-order valence-electron chi connectivity index (χ2n) is 8.25. The van der Waals surface area contributed by atoms with Crippen LogP contribution < -0.4 is 9.46 Å². The van der Waals surface area contributed by atoms with E-state index in [1.54, 1.807) is 18.5 Å². The third-order valence-corrected chi connectivity index (χ3v) is 8.34. The monoisotopic (exact) mass is 514 g/mol. The minimum Gasteiger partial charge on any atom is -0.493 e. The summed E-state index contributed by atoms with van der Waals surface area (Å²) in [7, 11) is -3.90. The van der Waals surface area contributed by atoms with Crippen LogP contribution in [0.2, 0.25) is 0 Å². The third-order valence-electron chi connectivity index (χ3n) is 6.30. The number of sulfonamides is 1. The van der Waals surface area contributed by atoms with Crippen molar-refractivity contribution < 1.29 is 26.3 Å². The number of nitrogens with one attached hydrogen (secondary N) is 2. The predicted octanol–water partition coefficient (Wildman–Crippen LogP) is 3.90. The van der Waals surface area contributed by atoms with Crippen LogP contribution in [0.3, 0.4) is 0 Å². The number of H-pyrrole nitrogens is 1. The minimum absolute atomic E-state index is 0.00275. The largest absolute Gasteiger partial charge is 0.493 e. The molecular weight excluding hydrogens is 493 g/mol. The summed E-state index contributed by atoms with van der Waals surface area (Å²) < 4.78 is 78.0. The Bertz CT molecular complexity index is 1230. The highest BCUT2D eigenvalue weighted by molar-refractivity contribution is 7.93. The summed E-state index contributed by atoms with van der Waals surface area (Å²) >= 11 is 0.916. The molecule has 2 N–H and O–H groups in total. The first kappa shape index (κ1) is 23.1. The molecule has 34 heavy (non-hydrogen) atoms. The Balaban J connectivity index is 1.44. The molecule has 3 aromatic rings. The lowest BCUT2D eigenvalue weighted by Crippen LogP contribution is -2.44. The lowest BCUT2D eigenvalue weighted by molar-refractivity contribution is -0.192. The summed E-state index contributed by atoms with van der Waals surface area (Å²) in [6, 6.07) is 3.90. The molecule has 0 unspecified atom stereocenters. The zero-order chi connectivity index (χ0) is 23.9. The van der Waals surface area contributed by atoms with Gasteiger partial charge in [-0.15, -0.1) is 0 Å². The van der Waals surface area contributed by atoms with Crippen molar-refractivity contribution in [2.45, 2.75) is 42.4 Å². The van der Waals surface area contributed by atoms with Crippen molar-refractivity contribution in [3.8, 4) is 5.75 Å². The van der Waals surface area contributed by atoms with Gasteiger partial charge < -0.3 is 4.74 Å². The number of alkyl halides is 3. The highest BCUT2D eigenvalue weighted by Crippen LogP contribution is 2.48. The summed E-state index contributed by atoms with van der Waals surface area (Å²) in [5.74, 6) is -0.984. The van der Waals surface area contributed by atoms with Crippen molar-refractivity contribution in [3.05, 3.63) is 48.0 Å². The van der Waals surface area contributed by atoms with Gasteiger partial charge in [0.1, 0.15) is 12.1 Å². The summed E-state index contributed by atoms with van der Waals surface area (Å²) in [6.45, 7) is 0.574. The Morgan fingerprint density at radius 2 is 2.09 bits per heavy atom. The molecule has 9 nitrogen and oxygen atoms in total. The van der Waals surface area contributed by atoms with Gasteiger partial charge in [0.15, 0.2) is 0 Å². The molecule has 5 rings (SSSR count). The first-order valence-corrected chi connectivity index (χ1v) is 12.9. The number of likely N-dealkylation sites (tertiary alicyclic amines) is 1. The van der Waals surface area contributed by atoms with E-state index in [0.29, 0.717) is 24.3 Å². The Hall–Kier alpha value is -2.71. The molecule has 0 saturated carbocycles. The molecule has 0 aliphatic carbocycles. The smallest absolute Gasteiger partial charge is 0.391 e. The average molecular weight is 515 g/mol. The van der Waals surface area contributed by atoms with Gasteiger partial charge in [-0.05, 0) is 25.5 Å². The van der Waals surface area contributed by atoms with Crippen molar-refractivity contribution >= 4 is 26.7 Å². The molecule has 1 aromatic carbocycles. The summed E-state index contributed by atoms with van der Waals surface area (Å²) in [4.78, 5) is 5.90. The van der Waals surface area contributed by atoms with Crippen LogP contribution in [-0.2, 0) is 10.0 Å². The van der Waals surface area contributed by atoms with E-state index in [9.17, 15) is 21.6 Å². The number of rotatable bonds is 5. The van der Waals surface area contributed by atoms with Crippen LogP contribution in [0.4, 0.5) is 18.3 Å². The van der Waals surface area contributed by atoms with Crippen LogP contribution in [0, 0.1) is 5.92 Å². The summed E-state index contributed by atoms with van der Waals surface area (Å²) in [6.07, 6.45) is 0.702. The number of fused-ring (bicyclic) bond motifs is 1. The fourth-order valence-corrected chi connectivity index (χ4v) is 6.36. The molecule has 3 atom stereocenters. The second kappa shape index (κ2) is 8.82. The maximum absolute atomic E-state index is 13.5. The summed E-state index contributed by atoms with van der Waals surface area (Å²) in [5.41, 5.74) is 1.45. The Morgan fingerprint density at radius 3 is 2.79 bits per heavy atom. The maximum Gasteiger partial charge on any atom is 0.391 e. The molecule has 0 spiro atoms. The molecule has 0 radical (unpaired) electrons. The number of aromatic nitrogens is 4. The number of aromatic amines is 1. The molecule has 1 fully saturated rings. The molecule has 0 amide bonds. The molecule has 182 valence electrons. The van der Waals surface area contributed by atoms with Crippen LogP contribution in [0.15, 0.2) is 41.8 Å². The number of nitrogens with zero attached hydrogens (tertiary/aromatic N) is 4. The van der Waals surface area contributed by atoms with Crippen molar-refractivity contribution in [1.29, 1.82) is 0 Å². The zero-order valence-corrected chi connectivity index (χ0v) is 19.3. The maximum atomic E-state index is 13.5. The Morgan fingerprint density at radius 1 is 1.24 bits per heavy atom. The van der Waals surface area contributed by atoms with E-state index in [-0.39, 0.29) is 35.5 Å². The molecule has 2 aliphatic rings. The summed E-state index contributed by atoms with van der Waals surface area (Å²) in [5, 5.41) is 6.78. The molecule has 4 heterocycles. The van der Waals surface area contributed by atoms with E-state index < -0.39 is 28.2 Å². The quantitative estimate of drug-likeness (QED) is 0.531. The Labute approximate surface area is 197 Å². The fraction of sp³-hybridized carbons (Fsp3) is 0.450. The van der Waals surface area contributed by atoms with Crippen LogP contribution in [-0.4, -0.2) is 52.2 Å². The van der Waals surface area contributed by atoms with Crippen LogP contribution in [0.25, 0.3) is 0 Å². The van der Waals surface area contributed by atoms with Crippen molar-refractivity contribution in [2.75, 3.05) is 17.9 Å². The molecule has 1 saturated heterocycles. The van der Waals surface area contributed by atoms with E-state index in [2.05, 4.69) is 29.2 Å². The first-order valence-electron chi connectivity index (χ1n) is 10.6. The lowest BCUT2D eigenvalue weighted by Gasteiger charge is -2.45. The standard InChI is InChI=1S/C20H21F3N6O3S2/c21-20(22,23)13-3-5-29(17(7-13)12-9-25-26-10-12)16-4-6-32-18-8-14(1-2-15(16)18)34(30,31)28-19-24-11-27-33-19/h1-2,8-11,13,16-17H,3-7H2,(H,25,26)(H,24,27,28)/t13-,16+,17+/m1/s1. The second-order valence-corrected chi connectivity index (χ2v) is 10.7. The Kier molecular flexibility index (Phi) is 5.98. The van der Waals surface area contributed by atoms with Gasteiger partial charge in [0.05, 0.1) is 23.6 Å². The van der Waals surface area contributed by atoms with E-state index in [1.807, 2.05) is 0 Å². The van der Waals surface area contributed by atoms with Crippen molar-refractivity contribution in [1.82, 2.24) is 24.5 Å². The third kappa shape index (κ3) is 4.49. The number of halogens is 3. The van der Waals surface area contributed by atoms with Crippen molar-refractivity contribution in [2.24, 2.45) is 5.92 Å². The number of hydrogen-bond donors (Lipinski definition) is 2. The van der Waals surface area contributed by atoms with Crippen LogP contribution in [0.5, 0.6) is 5.75 Å². The van der Waals surface area contributed by atoms with Gasteiger partial charge in [0.25, 0.3) is 10.0 Å². The van der Waals surface area contributed by atoms with Gasteiger partial charge in [-0.2, -0.15) is 22.6 Å². The van der Waals surface area contributed by atoms with Crippen LogP contribution in [0.1, 0.15) is 42.5 Å². The van der Waals surface area contributed by atoms with E-state index >= 15 is 0 Å². The minimum atomic E-state index is -4.26. The predicted molar refractivity (Wildman–Crippen MR) is 117 cm³/mol. The van der Waals surface area contributed by atoms with Crippen molar-refractivity contribution in [3.63, 3.8) is 0 Å². The van der Waals surface area contributed by atoms with E-state index in [0.717, 1.165) is 17.1 Å². The van der Waals surface area contributed by atoms with Crippen LogP contribution >= 0.6 is 11.5 Å². The molecule has 2 aliphatic heterocycles. The number of piperidine rings is 1. The number of anilines is 1. The highest BCUT2D eigenvalue weighted by atomic mass is 32.2. The van der Waals surface area contributed by atoms with Gasteiger partial charge in [0, 0.05) is 53.4 Å². The lowest BCUT2D eigenvalue weighted by atomic mass is 9.84. The molecule has 14 heteroatoms. The molecular formula is C20H21F3N6O3S2. The van der Waals surface area contributed by atoms with Gasteiger partial charge in [0.2, 0.25) is 5.13 Å². The first-order chi connectivity index (χ1) is 16.2. The highest BCUT2D eigenvalue weighted by Gasteiger charge is 2.46. The zero-order valence-electron chi connectivity index (χ0n) is 17.7. The number of benzene rings is 1. The normalized spacial score (nSPS) is 23.8. The van der Waals surface area contributed by atoms with Gasteiger partial charge >= 0.3 is 6.18 Å². The molecule has 2 aromatic heterocycles. The number of ether oxygens (including phenoxy) is 1. The van der Waals surface area contributed by atoms with Gasteiger partial charge in [-0.3, -0.25) is 14.7 Å².